The number of halogens is 2. The van der Waals surface area contributed by atoms with Crippen LogP contribution in [0.25, 0.3) is 0 Å². The van der Waals surface area contributed by atoms with Crippen LogP contribution in [0.1, 0.15) is 6.92 Å². The number of carbonyl (C=O) groups is 2. The van der Waals surface area contributed by atoms with Crippen LogP contribution in [0.15, 0.2) is 18.2 Å². The molecule has 1 aliphatic rings. The van der Waals surface area contributed by atoms with E-state index in [1.54, 1.807) is 23.1 Å². The van der Waals surface area contributed by atoms with Gasteiger partial charge in [0.2, 0.25) is 0 Å². The highest BCUT2D eigenvalue weighted by atomic mass is 35.5. The number of hydrogen-bond donors (Lipinski definition) is 1. The number of hydrogen-bond acceptors (Lipinski definition) is 3. The van der Waals surface area contributed by atoms with Crippen LogP contribution in [0.2, 0.25) is 10.0 Å². The maximum absolute atomic E-state index is 12.2. The molecule has 1 heterocycles. The van der Waals surface area contributed by atoms with Crippen LogP contribution in [0, 0.1) is 11.8 Å². The number of rotatable bonds is 2. The summed E-state index contributed by atoms with van der Waals surface area (Å²) in [7, 11) is 1.35. The Morgan fingerprint density at radius 1 is 1.24 bits per heavy atom. The summed E-state index contributed by atoms with van der Waals surface area (Å²) in [4.78, 5) is 25.4. The fourth-order valence-corrected chi connectivity index (χ4v) is 2.95. The van der Waals surface area contributed by atoms with E-state index in [2.05, 4.69) is 5.32 Å². The average Bonchev–Trinajstić information content (AvgIpc) is 2.79. The van der Waals surface area contributed by atoms with Crippen molar-refractivity contribution in [3.8, 4) is 0 Å². The molecule has 0 spiro atoms. The van der Waals surface area contributed by atoms with E-state index in [0.717, 1.165) is 0 Å². The van der Waals surface area contributed by atoms with Gasteiger partial charge in [0.25, 0.3) is 0 Å². The van der Waals surface area contributed by atoms with Crippen molar-refractivity contribution < 1.29 is 14.3 Å². The molecule has 0 saturated carbocycles. The van der Waals surface area contributed by atoms with Crippen molar-refractivity contribution in [3.05, 3.63) is 28.2 Å². The van der Waals surface area contributed by atoms with Gasteiger partial charge < -0.3 is 15.0 Å². The second-order valence-electron chi connectivity index (χ2n) is 5.10. The molecule has 1 aromatic rings. The number of methoxy groups -OCH3 is 1. The third-order valence-electron chi connectivity index (χ3n) is 3.52. The summed E-state index contributed by atoms with van der Waals surface area (Å²) in [6.07, 6.45) is 0. The van der Waals surface area contributed by atoms with E-state index in [0.29, 0.717) is 28.8 Å². The predicted octanol–water partition coefficient (Wildman–Crippen LogP) is 3.27. The molecule has 0 aliphatic carbocycles. The van der Waals surface area contributed by atoms with Crippen molar-refractivity contribution in [2.45, 2.75) is 6.92 Å². The first-order chi connectivity index (χ1) is 9.90. The molecule has 1 fully saturated rings. The van der Waals surface area contributed by atoms with Gasteiger partial charge in [-0.2, -0.15) is 0 Å². The third-order valence-corrected chi connectivity index (χ3v) is 3.95. The van der Waals surface area contributed by atoms with Gasteiger partial charge in [0, 0.05) is 28.8 Å². The fourth-order valence-electron chi connectivity index (χ4n) is 2.42. The zero-order chi connectivity index (χ0) is 15.6. The first-order valence-corrected chi connectivity index (χ1v) is 7.26. The minimum Gasteiger partial charge on any atom is -0.469 e. The molecule has 0 radical (unpaired) electrons. The lowest BCUT2D eigenvalue weighted by atomic mass is 9.99. The number of esters is 1. The van der Waals surface area contributed by atoms with Gasteiger partial charge in [-0.25, -0.2) is 4.79 Å². The quantitative estimate of drug-likeness (QED) is 0.846. The molecule has 7 heteroatoms. The van der Waals surface area contributed by atoms with E-state index < -0.39 is 0 Å². The molecule has 21 heavy (non-hydrogen) atoms. The standard InChI is InChI=1S/C14H16Cl2N2O3/c1-8-6-18(7-12(8)13(19)21-2)14(20)17-11-4-9(15)3-10(16)5-11/h3-5,8,12H,6-7H2,1-2H3,(H,17,20). The third kappa shape index (κ3) is 3.80. The van der Waals surface area contributed by atoms with Gasteiger partial charge >= 0.3 is 12.0 Å². The number of nitrogens with one attached hydrogen (secondary N) is 1. The lowest BCUT2D eigenvalue weighted by Gasteiger charge is -2.17. The van der Waals surface area contributed by atoms with Crippen molar-refractivity contribution in [2.24, 2.45) is 11.8 Å². The van der Waals surface area contributed by atoms with E-state index >= 15 is 0 Å². The first-order valence-electron chi connectivity index (χ1n) is 6.50. The highest BCUT2D eigenvalue weighted by Gasteiger charge is 2.37. The van der Waals surface area contributed by atoms with Gasteiger partial charge in [0.15, 0.2) is 0 Å². The second-order valence-corrected chi connectivity index (χ2v) is 5.97. The zero-order valence-electron chi connectivity index (χ0n) is 11.7. The monoisotopic (exact) mass is 330 g/mol. The SMILES string of the molecule is COC(=O)C1CN(C(=O)Nc2cc(Cl)cc(Cl)c2)CC1C. The van der Waals surface area contributed by atoms with E-state index in [4.69, 9.17) is 27.9 Å². The molecule has 0 aromatic heterocycles. The van der Waals surface area contributed by atoms with Gasteiger partial charge in [-0.1, -0.05) is 30.1 Å². The van der Waals surface area contributed by atoms with Crippen molar-refractivity contribution in [3.63, 3.8) is 0 Å². The Labute approximate surface area is 133 Å². The van der Waals surface area contributed by atoms with Crippen molar-refractivity contribution >= 4 is 40.9 Å². The van der Waals surface area contributed by atoms with Crippen LogP contribution in [-0.4, -0.2) is 37.1 Å². The summed E-state index contributed by atoms with van der Waals surface area (Å²) in [5.41, 5.74) is 0.520. The maximum Gasteiger partial charge on any atom is 0.321 e. The minimum absolute atomic E-state index is 0.0612. The molecule has 1 aromatic carbocycles. The first kappa shape index (κ1) is 15.9. The van der Waals surface area contributed by atoms with Crippen LogP contribution in [0.5, 0.6) is 0 Å². The molecule has 114 valence electrons. The topological polar surface area (TPSA) is 58.6 Å². The van der Waals surface area contributed by atoms with Crippen LogP contribution in [-0.2, 0) is 9.53 Å². The van der Waals surface area contributed by atoms with Gasteiger partial charge in [0.05, 0.1) is 13.0 Å². The van der Waals surface area contributed by atoms with Crippen molar-refractivity contribution in [1.82, 2.24) is 4.90 Å². The summed E-state index contributed by atoms with van der Waals surface area (Å²) in [5.74, 6) is -0.515. The molecule has 2 amide bonds. The minimum atomic E-state index is -0.288. The summed E-state index contributed by atoms with van der Waals surface area (Å²) in [6, 6.07) is 4.53. The molecule has 1 N–H and O–H groups in total. The predicted molar refractivity (Wildman–Crippen MR) is 81.7 cm³/mol. The molecule has 2 unspecified atom stereocenters. The number of carbonyl (C=O) groups excluding carboxylic acids is 2. The maximum atomic E-state index is 12.2. The Bertz CT molecular complexity index is 545. The van der Waals surface area contributed by atoms with Crippen molar-refractivity contribution in [1.29, 1.82) is 0 Å². The van der Waals surface area contributed by atoms with Crippen LogP contribution in [0.4, 0.5) is 10.5 Å². The Hall–Kier alpha value is -1.46. The molecule has 2 atom stereocenters. The molecule has 0 bridgehead atoms. The second kappa shape index (κ2) is 6.54. The van der Waals surface area contributed by atoms with Gasteiger partial charge in [0.1, 0.15) is 0 Å². The lowest BCUT2D eigenvalue weighted by Crippen LogP contribution is -2.34. The Kier molecular flexibility index (Phi) is 4.96. The van der Waals surface area contributed by atoms with Crippen LogP contribution >= 0.6 is 23.2 Å². The number of nitrogens with zero attached hydrogens (tertiary/aromatic N) is 1. The lowest BCUT2D eigenvalue weighted by molar-refractivity contribution is -0.145. The summed E-state index contributed by atoms with van der Waals surface area (Å²) in [6.45, 7) is 2.76. The number of likely N-dealkylation sites (tertiary alicyclic amines) is 1. The van der Waals surface area contributed by atoms with E-state index in [-0.39, 0.29) is 23.8 Å². The normalized spacial score (nSPS) is 21.2. The summed E-state index contributed by atoms with van der Waals surface area (Å²) >= 11 is 11.8. The molecule has 1 saturated heterocycles. The van der Waals surface area contributed by atoms with Gasteiger partial charge in [-0.3, -0.25) is 4.79 Å². The number of urea groups is 1. The average molecular weight is 331 g/mol. The smallest absolute Gasteiger partial charge is 0.321 e. The van der Waals surface area contributed by atoms with Crippen LogP contribution < -0.4 is 5.32 Å². The van der Waals surface area contributed by atoms with Gasteiger partial charge in [-0.15, -0.1) is 0 Å². The Balaban J connectivity index is 2.03. The highest BCUT2D eigenvalue weighted by molar-refractivity contribution is 6.35. The molecule has 5 nitrogen and oxygen atoms in total. The summed E-state index contributed by atoms with van der Waals surface area (Å²) < 4.78 is 4.75. The van der Waals surface area contributed by atoms with Crippen molar-refractivity contribution in [2.75, 3.05) is 25.5 Å². The van der Waals surface area contributed by atoms with E-state index in [1.807, 2.05) is 6.92 Å². The van der Waals surface area contributed by atoms with E-state index in [9.17, 15) is 9.59 Å². The Morgan fingerprint density at radius 2 is 1.86 bits per heavy atom. The molecule has 2 rings (SSSR count). The zero-order valence-corrected chi connectivity index (χ0v) is 13.2. The molecular weight excluding hydrogens is 315 g/mol. The van der Waals surface area contributed by atoms with Gasteiger partial charge in [-0.05, 0) is 24.1 Å². The number of anilines is 1. The number of benzene rings is 1. The molecular formula is C14H16Cl2N2O3. The van der Waals surface area contributed by atoms with Crippen LogP contribution in [0.3, 0.4) is 0 Å². The number of ether oxygens (including phenoxy) is 1. The highest BCUT2D eigenvalue weighted by Crippen LogP contribution is 2.26. The summed E-state index contributed by atoms with van der Waals surface area (Å²) in [5, 5.41) is 3.62. The van der Waals surface area contributed by atoms with E-state index in [1.165, 1.54) is 7.11 Å². The number of amides is 2. The molecule has 1 aliphatic heterocycles. The Morgan fingerprint density at radius 3 is 2.43 bits per heavy atom. The fraction of sp³-hybridized carbons (Fsp3) is 0.429. The largest absolute Gasteiger partial charge is 0.469 e.